The fourth-order valence-corrected chi connectivity index (χ4v) is 2.94. The lowest BCUT2D eigenvalue weighted by molar-refractivity contribution is -0.123. The van der Waals surface area contributed by atoms with Crippen LogP contribution >= 0.6 is 0 Å². The van der Waals surface area contributed by atoms with Crippen molar-refractivity contribution in [2.24, 2.45) is 5.92 Å². The lowest BCUT2D eigenvalue weighted by atomic mass is 10.1. The molecule has 1 N–H and O–H groups in total. The van der Waals surface area contributed by atoms with Gasteiger partial charge in [-0.2, -0.15) is 0 Å². The second-order valence-corrected chi connectivity index (χ2v) is 6.25. The SMILES string of the molecule is COc1ccc([C@@H]2C[C@H]2C(=O)N[C@@H](C)CCc2ccco2)cc1. The van der Waals surface area contributed by atoms with Crippen molar-refractivity contribution in [3.05, 3.63) is 54.0 Å². The Morgan fingerprint density at radius 1 is 1.35 bits per heavy atom. The average molecular weight is 313 g/mol. The molecule has 1 saturated carbocycles. The van der Waals surface area contributed by atoms with Crippen LogP contribution in [-0.4, -0.2) is 19.1 Å². The summed E-state index contributed by atoms with van der Waals surface area (Å²) in [6, 6.07) is 12.0. The molecule has 122 valence electrons. The van der Waals surface area contributed by atoms with E-state index < -0.39 is 0 Å². The number of carbonyl (C=O) groups is 1. The Kier molecular flexibility index (Phi) is 4.70. The minimum absolute atomic E-state index is 0.106. The lowest BCUT2D eigenvalue weighted by Gasteiger charge is -2.13. The van der Waals surface area contributed by atoms with E-state index in [1.165, 1.54) is 5.56 Å². The molecular formula is C19H23NO3. The summed E-state index contributed by atoms with van der Waals surface area (Å²) in [4.78, 5) is 12.3. The number of ether oxygens (including phenoxy) is 1. The maximum Gasteiger partial charge on any atom is 0.223 e. The highest BCUT2D eigenvalue weighted by molar-refractivity contribution is 5.83. The maximum absolute atomic E-state index is 12.3. The fraction of sp³-hybridized carbons (Fsp3) is 0.421. The van der Waals surface area contributed by atoms with Gasteiger partial charge in [0.25, 0.3) is 0 Å². The zero-order chi connectivity index (χ0) is 16.2. The standard InChI is InChI=1S/C19H23NO3/c1-13(5-8-16-4-3-11-23-16)20-19(21)18-12-17(18)14-6-9-15(22-2)10-7-14/h3-4,6-7,9-11,13,17-18H,5,8,12H2,1-2H3,(H,20,21)/t13-,17-,18+/m0/s1. The zero-order valence-electron chi connectivity index (χ0n) is 13.6. The van der Waals surface area contributed by atoms with Crippen LogP contribution in [0.4, 0.5) is 0 Å². The first-order valence-electron chi connectivity index (χ1n) is 8.14. The largest absolute Gasteiger partial charge is 0.497 e. The van der Waals surface area contributed by atoms with Gasteiger partial charge >= 0.3 is 0 Å². The van der Waals surface area contributed by atoms with Crippen LogP contribution in [0.5, 0.6) is 5.75 Å². The molecule has 1 aliphatic rings. The second kappa shape index (κ2) is 6.90. The van der Waals surface area contributed by atoms with Crippen LogP contribution in [0.25, 0.3) is 0 Å². The molecule has 4 nitrogen and oxygen atoms in total. The van der Waals surface area contributed by atoms with E-state index in [4.69, 9.17) is 9.15 Å². The molecule has 0 unspecified atom stereocenters. The number of aryl methyl sites for hydroxylation is 1. The molecule has 1 heterocycles. The molecule has 0 bridgehead atoms. The van der Waals surface area contributed by atoms with Gasteiger partial charge in [-0.3, -0.25) is 4.79 Å². The average Bonchev–Trinajstić information content (AvgIpc) is 3.20. The van der Waals surface area contributed by atoms with Gasteiger partial charge in [-0.25, -0.2) is 0 Å². The predicted octanol–water partition coefficient (Wildman–Crippen LogP) is 3.53. The summed E-state index contributed by atoms with van der Waals surface area (Å²) in [5.41, 5.74) is 1.22. The molecule has 3 rings (SSSR count). The van der Waals surface area contributed by atoms with Crippen molar-refractivity contribution in [2.45, 2.75) is 38.1 Å². The summed E-state index contributed by atoms with van der Waals surface area (Å²) in [5.74, 6) is 2.43. The first-order chi connectivity index (χ1) is 11.2. The number of nitrogens with one attached hydrogen (secondary N) is 1. The molecule has 0 spiro atoms. The van der Waals surface area contributed by atoms with Crippen molar-refractivity contribution >= 4 is 5.91 Å². The van der Waals surface area contributed by atoms with Crippen molar-refractivity contribution in [3.63, 3.8) is 0 Å². The van der Waals surface area contributed by atoms with Crippen LogP contribution in [0, 0.1) is 5.92 Å². The van der Waals surface area contributed by atoms with Crippen LogP contribution in [0.2, 0.25) is 0 Å². The number of hydrogen-bond acceptors (Lipinski definition) is 3. The highest BCUT2D eigenvalue weighted by Crippen LogP contribution is 2.47. The maximum atomic E-state index is 12.3. The molecule has 1 aromatic heterocycles. The van der Waals surface area contributed by atoms with Crippen LogP contribution in [0.3, 0.4) is 0 Å². The topological polar surface area (TPSA) is 51.5 Å². The zero-order valence-corrected chi connectivity index (χ0v) is 13.6. The fourth-order valence-electron chi connectivity index (χ4n) is 2.94. The van der Waals surface area contributed by atoms with Gasteiger partial charge in [-0.1, -0.05) is 12.1 Å². The smallest absolute Gasteiger partial charge is 0.223 e. The highest BCUT2D eigenvalue weighted by Gasteiger charge is 2.44. The van der Waals surface area contributed by atoms with Gasteiger partial charge in [0.05, 0.1) is 13.4 Å². The number of rotatable bonds is 7. The Labute approximate surface area is 136 Å². The summed E-state index contributed by atoms with van der Waals surface area (Å²) in [6.07, 6.45) is 4.35. The Bertz CT molecular complexity index is 633. The Morgan fingerprint density at radius 2 is 2.13 bits per heavy atom. The third kappa shape index (κ3) is 3.95. The van der Waals surface area contributed by atoms with E-state index in [0.29, 0.717) is 5.92 Å². The van der Waals surface area contributed by atoms with E-state index in [-0.39, 0.29) is 17.9 Å². The van der Waals surface area contributed by atoms with Crippen LogP contribution in [0.15, 0.2) is 47.1 Å². The van der Waals surface area contributed by atoms with Crippen molar-refractivity contribution in [3.8, 4) is 5.75 Å². The Hall–Kier alpha value is -2.23. The van der Waals surface area contributed by atoms with Crippen molar-refractivity contribution < 1.29 is 13.9 Å². The van der Waals surface area contributed by atoms with Gasteiger partial charge < -0.3 is 14.5 Å². The number of hydrogen-bond donors (Lipinski definition) is 1. The molecule has 0 aliphatic heterocycles. The normalized spacial score (nSPS) is 20.8. The molecule has 0 saturated heterocycles. The molecule has 1 fully saturated rings. The van der Waals surface area contributed by atoms with Gasteiger partial charge in [0.1, 0.15) is 11.5 Å². The second-order valence-electron chi connectivity index (χ2n) is 6.25. The minimum atomic E-state index is 0.106. The molecule has 1 amide bonds. The van der Waals surface area contributed by atoms with E-state index in [9.17, 15) is 4.79 Å². The molecule has 4 heteroatoms. The quantitative estimate of drug-likeness (QED) is 0.851. The molecule has 23 heavy (non-hydrogen) atoms. The third-order valence-corrected chi connectivity index (χ3v) is 4.46. The Balaban J connectivity index is 1.45. The van der Waals surface area contributed by atoms with E-state index in [0.717, 1.165) is 30.8 Å². The number of amides is 1. The molecular weight excluding hydrogens is 290 g/mol. The molecule has 1 aromatic carbocycles. The van der Waals surface area contributed by atoms with Gasteiger partial charge in [-0.15, -0.1) is 0 Å². The molecule has 1 aliphatic carbocycles. The summed E-state index contributed by atoms with van der Waals surface area (Å²) in [6.45, 7) is 2.05. The first kappa shape index (κ1) is 15.7. The summed E-state index contributed by atoms with van der Waals surface area (Å²) in [5, 5.41) is 3.12. The van der Waals surface area contributed by atoms with Crippen LogP contribution in [-0.2, 0) is 11.2 Å². The number of benzene rings is 1. The summed E-state index contributed by atoms with van der Waals surface area (Å²) < 4.78 is 10.5. The molecule has 3 atom stereocenters. The first-order valence-corrected chi connectivity index (χ1v) is 8.14. The highest BCUT2D eigenvalue weighted by atomic mass is 16.5. The lowest BCUT2D eigenvalue weighted by Crippen LogP contribution is -2.34. The number of carbonyl (C=O) groups excluding carboxylic acids is 1. The van der Waals surface area contributed by atoms with Crippen molar-refractivity contribution in [2.75, 3.05) is 7.11 Å². The summed E-state index contributed by atoms with van der Waals surface area (Å²) >= 11 is 0. The van der Waals surface area contributed by atoms with Gasteiger partial charge in [-0.05, 0) is 55.5 Å². The summed E-state index contributed by atoms with van der Waals surface area (Å²) in [7, 11) is 1.66. The monoisotopic (exact) mass is 313 g/mol. The van der Waals surface area contributed by atoms with Crippen molar-refractivity contribution in [1.29, 1.82) is 0 Å². The minimum Gasteiger partial charge on any atom is -0.497 e. The van der Waals surface area contributed by atoms with Crippen LogP contribution in [0.1, 0.15) is 37.0 Å². The van der Waals surface area contributed by atoms with Crippen LogP contribution < -0.4 is 10.1 Å². The van der Waals surface area contributed by atoms with E-state index in [2.05, 4.69) is 17.4 Å². The van der Waals surface area contributed by atoms with E-state index in [1.807, 2.05) is 31.2 Å². The van der Waals surface area contributed by atoms with E-state index >= 15 is 0 Å². The number of methoxy groups -OCH3 is 1. The van der Waals surface area contributed by atoms with Gasteiger partial charge in [0.2, 0.25) is 5.91 Å². The number of furan rings is 1. The van der Waals surface area contributed by atoms with Gasteiger partial charge in [0.15, 0.2) is 0 Å². The van der Waals surface area contributed by atoms with Crippen molar-refractivity contribution in [1.82, 2.24) is 5.32 Å². The predicted molar refractivity (Wildman–Crippen MR) is 88.5 cm³/mol. The van der Waals surface area contributed by atoms with Gasteiger partial charge in [0, 0.05) is 18.4 Å². The molecule has 2 aromatic rings. The Morgan fingerprint density at radius 3 is 2.78 bits per heavy atom. The third-order valence-electron chi connectivity index (χ3n) is 4.46. The van der Waals surface area contributed by atoms with E-state index in [1.54, 1.807) is 13.4 Å². The molecule has 0 radical (unpaired) electrons.